The number of hydrogen-bond donors (Lipinski definition) is 1. The highest BCUT2D eigenvalue weighted by Crippen LogP contribution is 2.25. The average molecular weight is 207 g/mol. The van der Waals surface area contributed by atoms with Crippen LogP contribution in [0.5, 0.6) is 0 Å². The van der Waals surface area contributed by atoms with Gasteiger partial charge in [0.2, 0.25) is 0 Å². The topological polar surface area (TPSA) is 25.2 Å². The van der Waals surface area contributed by atoms with Gasteiger partial charge in [0.1, 0.15) is 5.82 Å². The van der Waals surface area contributed by atoms with Crippen LogP contribution in [0.3, 0.4) is 0 Å². The molecule has 0 amide bonds. The molecule has 0 fully saturated rings. The van der Waals surface area contributed by atoms with Crippen LogP contribution in [-0.2, 0) is 7.05 Å². The van der Waals surface area contributed by atoms with Gasteiger partial charge < -0.3 is 9.67 Å². The molecule has 1 atom stereocenters. The summed E-state index contributed by atoms with van der Waals surface area (Å²) >= 11 is 0. The summed E-state index contributed by atoms with van der Waals surface area (Å²) in [4.78, 5) is 0. The van der Waals surface area contributed by atoms with E-state index in [-0.39, 0.29) is 5.82 Å². The van der Waals surface area contributed by atoms with Crippen LogP contribution in [0.2, 0.25) is 0 Å². The van der Waals surface area contributed by atoms with Gasteiger partial charge in [0, 0.05) is 29.2 Å². The molecule has 1 N–H and O–H groups in total. The summed E-state index contributed by atoms with van der Waals surface area (Å²) in [5.41, 5.74) is 2.38. The summed E-state index contributed by atoms with van der Waals surface area (Å²) in [6.07, 6.45) is -0.774. The van der Waals surface area contributed by atoms with Gasteiger partial charge in [0.25, 0.3) is 0 Å². The Bertz CT molecular complexity index is 514. The number of nitrogens with zero attached hydrogens (tertiary/aromatic N) is 1. The van der Waals surface area contributed by atoms with E-state index in [2.05, 4.69) is 0 Å². The molecule has 1 heterocycles. The zero-order chi connectivity index (χ0) is 11.2. The highest BCUT2D eigenvalue weighted by Gasteiger charge is 2.12. The molecule has 80 valence electrons. The second kappa shape index (κ2) is 3.35. The summed E-state index contributed by atoms with van der Waals surface area (Å²) < 4.78 is 15.5. The van der Waals surface area contributed by atoms with Gasteiger partial charge in [-0.3, -0.25) is 0 Å². The van der Waals surface area contributed by atoms with Crippen molar-refractivity contribution in [1.82, 2.24) is 4.57 Å². The third kappa shape index (κ3) is 1.53. The van der Waals surface area contributed by atoms with Crippen molar-refractivity contribution < 1.29 is 9.50 Å². The summed E-state index contributed by atoms with van der Waals surface area (Å²) in [6, 6.07) is 5.12. The van der Waals surface area contributed by atoms with Crippen molar-refractivity contribution in [3.05, 3.63) is 35.3 Å². The molecule has 0 radical (unpaired) electrons. The highest BCUT2D eigenvalue weighted by molar-refractivity contribution is 5.82. The van der Waals surface area contributed by atoms with Crippen LogP contribution in [0.15, 0.2) is 18.2 Å². The van der Waals surface area contributed by atoms with Crippen molar-refractivity contribution in [3.8, 4) is 0 Å². The minimum Gasteiger partial charge on any atom is -0.389 e. The lowest BCUT2D eigenvalue weighted by Gasteiger charge is -2.07. The predicted octanol–water partition coefficient (Wildman–Crippen LogP) is 2.68. The second-order valence-corrected chi connectivity index (χ2v) is 3.95. The average Bonchev–Trinajstić information content (AvgIpc) is 2.41. The maximum absolute atomic E-state index is 13.5. The number of halogens is 1. The van der Waals surface area contributed by atoms with Crippen LogP contribution in [0, 0.1) is 12.7 Å². The number of aliphatic hydroxyl groups excluding tert-OH is 1. The van der Waals surface area contributed by atoms with Crippen molar-refractivity contribution in [2.24, 2.45) is 7.05 Å². The Balaban J connectivity index is 2.77. The number of aromatic nitrogens is 1. The zero-order valence-electron chi connectivity index (χ0n) is 9.08. The van der Waals surface area contributed by atoms with Gasteiger partial charge in [-0.05, 0) is 32.0 Å². The monoisotopic (exact) mass is 207 g/mol. The smallest absolute Gasteiger partial charge is 0.129 e. The van der Waals surface area contributed by atoms with Crippen LogP contribution in [0.25, 0.3) is 10.9 Å². The first kappa shape index (κ1) is 10.2. The van der Waals surface area contributed by atoms with E-state index in [1.54, 1.807) is 13.0 Å². The van der Waals surface area contributed by atoms with Crippen LogP contribution < -0.4 is 0 Å². The third-order valence-electron chi connectivity index (χ3n) is 2.85. The van der Waals surface area contributed by atoms with Crippen molar-refractivity contribution >= 4 is 10.9 Å². The molecule has 2 rings (SSSR count). The van der Waals surface area contributed by atoms with Gasteiger partial charge in [0.05, 0.1) is 6.10 Å². The van der Waals surface area contributed by atoms with E-state index in [0.29, 0.717) is 5.56 Å². The number of benzene rings is 1. The molecule has 0 aliphatic heterocycles. The number of hydrogen-bond acceptors (Lipinski definition) is 1. The Labute approximate surface area is 88.0 Å². The molecule has 1 aromatic heterocycles. The molecule has 1 aromatic carbocycles. The SMILES string of the molecule is Cc1cc2cc(F)c(C(C)O)cc2n1C. The molecular weight excluding hydrogens is 193 g/mol. The lowest BCUT2D eigenvalue weighted by molar-refractivity contribution is 0.194. The third-order valence-corrected chi connectivity index (χ3v) is 2.85. The van der Waals surface area contributed by atoms with Crippen molar-refractivity contribution in [1.29, 1.82) is 0 Å². The maximum atomic E-state index is 13.5. The molecular formula is C12H14FNO. The molecule has 2 aromatic rings. The lowest BCUT2D eigenvalue weighted by atomic mass is 10.1. The summed E-state index contributed by atoms with van der Waals surface area (Å²) in [5, 5.41) is 10.3. The number of aliphatic hydroxyl groups is 1. The van der Waals surface area contributed by atoms with Crippen LogP contribution in [-0.4, -0.2) is 9.67 Å². The van der Waals surface area contributed by atoms with Gasteiger partial charge in [-0.1, -0.05) is 0 Å². The van der Waals surface area contributed by atoms with E-state index in [0.717, 1.165) is 16.6 Å². The summed E-state index contributed by atoms with van der Waals surface area (Å²) in [6.45, 7) is 3.54. The zero-order valence-corrected chi connectivity index (χ0v) is 9.08. The predicted molar refractivity (Wildman–Crippen MR) is 58.2 cm³/mol. The van der Waals surface area contributed by atoms with E-state index in [4.69, 9.17) is 0 Å². The normalized spacial score (nSPS) is 13.4. The largest absolute Gasteiger partial charge is 0.389 e. The second-order valence-electron chi connectivity index (χ2n) is 3.95. The van der Waals surface area contributed by atoms with Gasteiger partial charge in [0.15, 0.2) is 0 Å². The van der Waals surface area contributed by atoms with Gasteiger partial charge in [-0.2, -0.15) is 0 Å². The van der Waals surface area contributed by atoms with Gasteiger partial charge in [-0.15, -0.1) is 0 Å². The Kier molecular flexibility index (Phi) is 2.27. The Morgan fingerprint density at radius 1 is 1.33 bits per heavy atom. The molecule has 3 heteroatoms. The lowest BCUT2D eigenvalue weighted by Crippen LogP contribution is -1.97. The number of aryl methyl sites for hydroxylation is 2. The molecule has 0 bridgehead atoms. The van der Waals surface area contributed by atoms with Crippen LogP contribution in [0.4, 0.5) is 4.39 Å². The molecule has 1 unspecified atom stereocenters. The first-order valence-electron chi connectivity index (χ1n) is 4.94. The van der Waals surface area contributed by atoms with Gasteiger partial charge in [-0.25, -0.2) is 4.39 Å². The molecule has 0 aliphatic carbocycles. The van der Waals surface area contributed by atoms with E-state index in [9.17, 15) is 9.50 Å². The Hall–Kier alpha value is -1.35. The quantitative estimate of drug-likeness (QED) is 0.764. The van der Waals surface area contributed by atoms with E-state index >= 15 is 0 Å². The maximum Gasteiger partial charge on any atom is 0.129 e. The highest BCUT2D eigenvalue weighted by atomic mass is 19.1. The fourth-order valence-electron chi connectivity index (χ4n) is 1.83. The number of fused-ring (bicyclic) bond motifs is 1. The molecule has 0 spiro atoms. The Morgan fingerprint density at radius 3 is 2.60 bits per heavy atom. The van der Waals surface area contributed by atoms with Crippen molar-refractivity contribution in [3.63, 3.8) is 0 Å². The minimum absolute atomic E-state index is 0.344. The van der Waals surface area contributed by atoms with Crippen molar-refractivity contribution in [2.45, 2.75) is 20.0 Å². The Morgan fingerprint density at radius 2 is 2.00 bits per heavy atom. The van der Waals surface area contributed by atoms with Crippen molar-refractivity contribution in [2.75, 3.05) is 0 Å². The fourth-order valence-corrected chi connectivity index (χ4v) is 1.83. The number of rotatable bonds is 1. The minimum atomic E-state index is -0.774. The first-order valence-corrected chi connectivity index (χ1v) is 4.94. The standard InChI is InChI=1S/C12H14FNO/c1-7-4-9-5-11(13)10(8(2)15)6-12(9)14(7)3/h4-6,8,15H,1-3H3. The van der Waals surface area contributed by atoms with E-state index < -0.39 is 6.10 Å². The summed E-state index contributed by atoms with van der Waals surface area (Å²) in [7, 11) is 1.93. The fraction of sp³-hybridized carbons (Fsp3) is 0.333. The van der Waals surface area contributed by atoms with E-state index in [1.165, 1.54) is 6.07 Å². The van der Waals surface area contributed by atoms with Crippen LogP contribution >= 0.6 is 0 Å². The molecule has 2 nitrogen and oxygen atoms in total. The first-order chi connectivity index (χ1) is 7.00. The molecule has 0 saturated carbocycles. The molecule has 15 heavy (non-hydrogen) atoms. The van der Waals surface area contributed by atoms with Crippen LogP contribution in [0.1, 0.15) is 24.3 Å². The summed E-state index contributed by atoms with van der Waals surface area (Å²) in [5.74, 6) is -0.344. The van der Waals surface area contributed by atoms with E-state index in [1.807, 2.05) is 24.6 Å². The van der Waals surface area contributed by atoms with Gasteiger partial charge >= 0.3 is 0 Å². The molecule has 0 aliphatic rings. The molecule has 0 saturated heterocycles.